The van der Waals surface area contributed by atoms with Gasteiger partial charge in [-0.3, -0.25) is 0 Å². The van der Waals surface area contributed by atoms with Crippen LogP contribution < -0.4 is 9.47 Å². The minimum atomic E-state index is -0.939. The van der Waals surface area contributed by atoms with Crippen molar-refractivity contribution in [2.75, 3.05) is 27.7 Å². The first-order valence-electron chi connectivity index (χ1n) is 10.0. The molecule has 0 N–H and O–H groups in total. The van der Waals surface area contributed by atoms with E-state index in [-0.39, 0.29) is 19.0 Å². The first-order chi connectivity index (χ1) is 15.5. The molecular weight excluding hydrogens is 421 g/mol. The Kier molecular flexibility index (Phi) is 12.3. The molecule has 174 valence electrons. The summed E-state index contributed by atoms with van der Waals surface area (Å²) >= 11 is 0. The van der Waals surface area contributed by atoms with E-state index in [1.54, 1.807) is 56.3 Å². The lowest BCUT2D eigenvalue weighted by Gasteiger charge is -2.16. The quantitative estimate of drug-likeness (QED) is 0.158. The molecule has 0 fully saturated rings. The van der Waals surface area contributed by atoms with Gasteiger partial charge in [0.2, 0.25) is 0 Å². The molecule has 2 aromatic carbocycles. The third-order valence-corrected chi connectivity index (χ3v) is 3.84. The Labute approximate surface area is 187 Å². The average Bonchev–Trinajstić information content (AvgIpc) is 2.78. The fourth-order valence-electron chi connectivity index (χ4n) is 2.42. The predicted octanol–water partition coefficient (Wildman–Crippen LogP) is 5.85. The fraction of sp³-hybridized carbons (Fsp3) is 0.333. The number of rotatable bonds is 9. The molecule has 0 saturated heterocycles. The van der Waals surface area contributed by atoms with Gasteiger partial charge in [-0.2, -0.15) is 0 Å². The average molecular weight is 451 g/mol. The lowest BCUT2D eigenvalue weighted by atomic mass is 10.1. The van der Waals surface area contributed by atoms with E-state index in [1.807, 2.05) is 13.8 Å². The molecule has 0 bridgehead atoms. The highest BCUT2D eigenvalue weighted by Crippen LogP contribution is 2.22. The van der Waals surface area contributed by atoms with Gasteiger partial charge in [-0.15, -0.1) is 5.73 Å². The maximum Gasteiger partial charge on any atom is 0.192 e. The minimum absolute atomic E-state index is 0.197. The van der Waals surface area contributed by atoms with Crippen LogP contribution >= 0.6 is 0 Å². The normalized spacial score (nSPS) is 10.4. The largest absolute Gasteiger partial charge is 0.489 e. The van der Waals surface area contributed by atoms with Gasteiger partial charge in [0.1, 0.15) is 35.6 Å². The zero-order valence-corrected chi connectivity index (χ0v) is 19.0. The Balaban J connectivity index is 0.00000249. The van der Waals surface area contributed by atoms with E-state index in [4.69, 9.17) is 9.47 Å². The van der Waals surface area contributed by atoms with Crippen molar-refractivity contribution in [3.05, 3.63) is 77.2 Å². The van der Waals surface area contributed by atoms with Gasteiger partial charge in [-0.05, 0) is 49.4 Å². The summed E-state index contributed by atoms with van der Waals surface area (Å²) in [5.74, 6) is -0.249. The Morgan fingerprint density at radius 2 is 1.59 bits per heavy atom. The summed E-state index contributed by atoms with van der Waals surface area (Å²) < 4.78 is 56.1. The second kappa shape index (κ2) is 14.7. The predicted molar refractivity (Wildman–Crippen MR) is 120 cm³/mol. The summed E-state index contributed by atoms with van der Waals surface area (Å²) in [7, 11) is 3.46. The number of alkyl halides is 1. The Morgan fingerprint density at radius 3 is 2.09 bits per heavy atom. The second-order valence-corrected chi connectivity index (χ2v) is 6.19. The van der Waals surface area contributed by atoms with E-state index in [2.05, 4.69) is 15.5 Å². The Hall–Kier alpha value is -3.22. The van der Waals surface area contributed by atoms with Crippen molar-refractivity contribution in [2.24, 2.45) is 4.99 Å². The molecular formula is C24H29F3N2O3. The molecule has 2 rings (SSSR count). The van der Waals surface area contributed by atoms with Gasteiger partial charge < -0.3 is 19.1 Å². The maximum absolute atomic E-state index is 14.6. The lowest BCUT2D eigenvalue weighted by Crippen LogP contribution is -2.23. The first kappa shape index (κ1) is 26.8. The SMILES string of the molecule is CC.CC=C=CN=C(c1cc(F)c(COc2ccc(OCOCF)cc2)c(F)c1)N(C)C. The van der Waals surface area contributed by atoms with E-state index in [0.717, 1.165) is 0 Å². The molecule has 0 saturated carbocycles. The number of hydrogen-bond acceptors (Lipinski definition) is 4. The number of allylic oxidation sites excluding steroid dienone is 1. The molecule has 0 aromatic heterocycles. The van der Waals surface area contributed by atoms with Crippen molar-refractivity contribution in [2.45, 2.75) is 27.4 Å². The van der Waals surface area contributed by atoms with Gasteiger partial charge in [0.05, 0.1) is 11.8 Å². The fourth-order valence-corrected chi connectivity index (χ4v) is 2.42. The summed E-state index contributed by atoms with van der Waals surface area (Å²) in [6.45, 7) is 4.33. The summed E-state index contributed by atoms with van der Waals surface area (Å²) in [5, 5.41) is 0. The Bertz CT molecular complexity index is 900. The smallest absolute Gasteiger partial charge is 0.192 e. The Morgan fingerprint density at radius 1 is 1.03 bits per heavy atom. The van der Waals surface area contributed by atoms with E-state index in [9.17, 15) is 13.2 Å². The van der Waals surface area contributed by atoms with Crippen molar-refractivity contribution in [1.29, 1.82) is 0 Å². The van der Waals surface area contributed by atoms with Crippen LogP contribution in [-0.4, -0.2) is 38.5 Å². The van der Waals surface area contributed by atoms with Crippen molar-refractivity contribution in [1.82, 2.24) is 4.90 Å². The number of aliphatic imine (C=N–C) groups is 1. The van der Waals surface area contributed by atoms with Crippen molar-refractivity contribution >= 4 is 5.84 Å². The first-order valence-corrected chi connectivity index (χ1v) is 10.0. The van der Waals surface area contributed by atoms with Crippen LogP contribution in [0.1, 0.15) is 31.9 Å². The standard InChI is InChI=1S/C22H23F3N2O3.C2H6/c1-4-5-10-26-22(27(2)3)16-11-20(24)19(21(25)12-16)13-29-17-6-8-18(9-7-17)30-15-28-14-23;1-2/h4,6-12H,13-15H2,1-3H3;1-2H3. The molecule has 0 spiro atoms. The van der Waals surface area contributed by atoms with E-state index in [0.29, 0.717) is 22.9 Å². The number of amidine groups is 1. The molecule has 0 unspecified atom stereocenters. The summed E-state index contributed by atoms with van der Waals surface area (Å²) in [6, 6.07) is 8.71. The number of benzene rings is 2. The van der Waals surface area contributed by atoms with Gasteiger partial charge in [0.15, 0.2) is 13.7 Å². The molecule has 8 heteroatoms. The van der Waals surface area contributed by atoms with Crippen LogP contribution in [0.25, 0.3) is 0 Å². The molecule has 0 radical (unpaired) electrons. The van der Waals surface area contributed by atoms with E-state index < -0.39 is 18.5 Å². The van der Waals surface area contributed by atoms with Crippen molar-refractivity contribution < 1.29 is 27.4 Å². The van der Waals surface area contributed by atoms with Gasteiger partial charge in [0.25, 0.3) is 0 Å². The number of hydrogen-bond donors (Lipinski definition) is 0. The lowest BCUT2D eigenvalue weighted by molar-refractivity contribution is -0.0284. The number of halogens is 3. The monoisotopic (exact) mass is 450 g/mol. The second-order valence-electron chi connectivity index (χ2n) is 6.19. The molecule has 0 aliphatic carbocycles. The third-order valence-electron chi connectivity index (χ3n) is 3.84. The molecule has 0 amide bonds. The maximum atomic E-state index is 14.6. The molecule has 0 aliphatic heterocycles. The van der Waals surface area contributed by atoms with Crippen LogP contribution in [0.15, 0.2) is 59.4 Å². The summed E-state index contributed by atoms with van der Waals surface area (Å²) in [5.41, 5.74) is 2.90. The van der Waals surface area contributed by atoms with Crippen LogP contribution in [0.5, 0.6) is 11.5 Å². The van der Waals surface area contributed by atoms with Crippen LogP contribution in [0.4, 0.5) is 13.2 Å². The highest BCUT2D eigenvalue weighted by Gasteiger charge is 2.16. The highest BCUT2D eigenvalue weighted by atomic mass is 19.1. The number of nitrogens with zero attached hydrogens (tertiary/aromatic N) is 2. The van der Waals surface area contributed by atoms with Crippen LogP contribution in [-0.2, 0) is 11.3 Å². The van der Waals surface area contributed by atoms with Crippen LogP contribution in [0.3, 0.4) is 0 Å². The molecule has 0 heterocycles. The zero-order valence-electron chi connectivity index (χ0n) is 19.0. The van der Waals surface area contributed by atoms with Gasteiger partial charge >= 0.3 is 0 Å². The molecule has 0 atom stereocenters. The third kappa shape index (κ3) is 8.49. The summed E-state index contributed by atoms with van der Waals surface area (Å²) in [6.07, 6.45) is 3.11. The van der Waals surface area contributed by atoms with Gasteiger partial charge in [0, 0.05) is 19.7 Å². The minimum Gasteiger partial charge on any atom is -0.489 e. The van der Waals surface area contributed by atoms with Crippen molar-refractivity contribution in [3.8, 4) is 11.5 Å². The topological polar surface area (TPSA) is 43.3 Å². The van der Waals surface area contributed by atoms with Crippen LogP contribution in [0.2, 0.25) is 0 Å². The summed E-state index contributed by atoms with van der Waals surface area (Å²) in [4.78, 5) is 5.85. The highest BCUT2D eigenvalue weighted by molar-refractivity contribution is 5.98. The molecule has 2 aromatic rings. The van der Waals surface area contributed by atoms with E-state index in [1.165, 1.54) is 18.3 Å². The van der Waals surface area contributed by atoms with Gasteiger partial charge in [-0.25, -0.2) is 18.2 Å². The van der Waals surface area contributed by atoms with E-state index >= 15 is 0 Å². The number of ether oxygens (including phenoxy) is 3. The van der Waals surface area contributed by atoms with Gasteiger partial charge in [-0.1, -0.05) is 13.8 Å². The molecule has 5 nitrogen and oxygen atoms in total. The zero-order chi connectivity index (χ0) is 23.9. The molecule has 32 heavy (non-hydrogen) atoms. The van der Waals surface area contributed by atoms with Crippen molar-refractivity contribution in [3.63, 3.8) is 0 Å². The molecule has 0 aliphatic rings. The van der Waals surface area contributed by atoms with Crippen LogP contribution in [0, 0.1) is 11.6 Å².